The molecule has 2 rings (SSSR count). The lowest BCUT2D eigenvalue weighted by Crippen LogP contribution is -2.39. The lowest BCUT2D eigenvalue weighted by atomic mass is 9.95. The second-order valence-electron chi connectivity index (χ2n) is 7.75. The number of benzene rings is 1. The van der Waals surface area contributed by atoms with Crippen molar-refractivity contribution < 1.29 is 22.7 Å². The molecule has 1 amide bonds. The maximum Gasteiger partial charge on any atom is 0.410 e. The van der Waals surface area contributed by atoms with Gasteiger partial charge in [0.15, 0.2) is 0 Å². The van der Waals surface area contributed by atoms with E-state index >= 15 is 0 Å². The van der Waals surface area contributed by atoms with E-state index in [0.717, 1.165) is 11.1 Å². The summed E-state index contributed by atoms with van der Waals surface area (Å²) >= 11 is 0. The molecule has 0 saturated carbocycles. The molecule has 3 nitrogen and oxygen atoms in total. The van der Waals surface area contributed by atoms with Crippen molar-refractivity contribution >= 4 is 11.7 Å². The number of rotatable bonds is 3. The molecule has 0 aromatic heterocycles. The minimum Gasteiger partial charge on any atom is -0.444 e. The van der Waals surface area contributed by atoms with Gasteiger partial charge in [-0.3, -0.25) is 0 Å². The molecule has 0 radical (unpaired) electrons. The first-order valence-corrected chi connectivity index (χ1v) is 8.79. The van der Waals surface area contributed by atoms with Gasteiger partial charge in [0.1, 0.15) is 5.60 Å². The molecule has 0 N–H and O–H groups in total. The first-order chi connectivity index (χ1) is 12.0. The van der Waals surface area contributed by atoms with Crippen LogP contribution in [0.15, 0.2) is 30.3 Å². The van der Waals surface area contributed by atoms with Crippen molar-refractivity contribution in [3.05, 3.63) is 41.5 Å². The van der Waals surface area contributed by atoms with Crippen molar-refractivity contribution in [3.8, 4) is 0 Å². The summed E-state index contributed by atoms with van der Waals surface area (Å²) in [5.41, 5.74) is 2.23. The Hall–Kier alpha value is -1.98. The number of hydrogen-bond acceptors (Lipinski definition) is 2. The van der Waals surface area contributed by atoms with Gasteiger partial charge in [0.2, 0.25) is 0 Å². The van der Waals surface area contributed by atoms with E-state index in [1.54, 1.807) is 17.0 Å². The number of halogens is 3. The van der Waals surface area contributed by atoms with Crippen molar-refractivity contribution in [2.45, 2.75) is 52.3 Å². The maximum absolute atomic E-state index is 12.7. The monoisotopic (exact) mass is 369 g/mol. The number of alkyl halides is 3. The summed E-state index contributed by atoms with van der Waals surface area (Å²) in [6, 6.07) is 7.21. The third-order valence-electron chi connectivity index (χ3n) is 4.29. The molecule has 0 saturated heterocycles. The van der Waals surface area contributed by atoms with Crippen LogP contribution < -0.4 is 0 Å². The molecule has 0 bridgehead atoms. The molecule has 0 fully saturated rings. The van der Waals surface area contributed by atoms with Crippen LogP contribution in [-0.4, -0.2) is 35.9 Å². The molecular formula is C20H26F3NO2. The van der Waals surface area contributed by atoms with Gasteiger partial charge in [-0.05, 0) is 50.3 Å². The highest BCUT2D eigenvalue weighted by molar-refractivity contribution is 5.72. The number of carbonyl (C=O) groups is 1. The van der Waals surface area contributed by atoms with Gasteiger partial charge in [-0.15, -0.1) is 0 Å². The van der Waals surface area contributed by atoms with Gasteiger partial charge in [-0.25, -0.2) is 4.79 Å². The summed E-state index contributed by atoms with van der Waals surface area (Å²) in [6.45, 7) is 7.72. The summed E-state index contributed by atoms with van der Waals surface area (Å²) in [6.07, 6.45) is -1.85. The zero-order valence-corrected chi connectivity index (χ0v) is 15.7. The normalized spacial score (nSPS) is 16.9. The van der Waals surface area contributed by atoms with Crippen LogP contribution >= 0.6 is 0 Å². The molecule has 1 aliphatic heterocycles. The van der Waals surface area contributed by atoms with Gasteiger partial charge in [-0.2, -0.15) is 13.2 Å². The second kappa shape index (κ2) is 7.72. The first kappa shape index (κ1) is 20.3. The molecule has 1 aromatic rings. The van der Waals surface area contributed by atoms with Crippen LogP contribution in [0.5, 0.6) is 0 Å². The zero-order valence-electron chi connectivity index (χ0n) is 15.7. The lowest BCUT2D eigenvalue weighted by Gasteiger charge is -2.29. The molecule has 1 heterocycles. The fourth-order valence-corrected chi connectivity index (χ4v) is 2.75. The Morgan fingerprint density at radius 1 is 1.19 bits per heavy atom. The maximum atomic E-state index is 12.7. The minimum absolute atomic E-state index is 0.0186. The third-order valence-corrected chi connectivity index (χ3v) is 4.29. The van der Waals surface area contributed by atoms with Crippen molar-refractivity contribution in [2.75, 3.05) is 13.1 Å². The molecule has 1 unspecified atom stereocenters. The summed E-state index contributed by atoms with van der Waals surface area (Å²) < 4.78 is 43.3. The van der Waals surface area contributed by atoms with E-state index in [1.165, 1.54) is 6.92 Å². The van der Waals surface area contributed by atoms with Crippen LogP contribution in [0, 0.1) is 5.92 Å². The topological polar surface area (TPSA) is 29.5 Å². The number of hydrogen-bond donors (Lipinski definition) is 0. The van der Waals surface area contributed by atoms with Gasteiger partial charge in [0.25, 0.3) is 0 Å². The van der Waals surface area contributed by atoms with Gasteiger partial charge < -0.3 is 9.64 Å². The van der Waals surface area contributed by atoms with Crippen LogP contribution in [0.4, 0.5) is 18.0 Å². The molecule has 0 aliphatic carbocycles. The van der Waals surface area contributed by atoms with E-state index in [9.17, 15) is 18.0 Å². The third kappa shape index (κ3) is 5.78. The van der Waals surface area contributed by atoms with Crippen LogP contribution in [0.25, 0.3) is 5.57 Å². The lowest BCUT2D eigenvalue weighted by molar-refractivity contribution is -0.169. The SMILES string of the molecule is CC(Cc1ccc(C2=CCN(C(=O)OC(C)(C)C)CC2)cc1)C(F)(F)F. The zero-order chi connectivity index (χ0) is 19.5. The van der Waals surface area contributed by atoms with Gasteiger partial charge >= 0.3 is 12.3 Å². The van der Waals surface area contributed by atoms with Crippen LogP contribution in [0.3, 0.4) is 0 Å². The first-order valence-electron chi connectivity index (χ1n) is 8.79. The number of carbonyl (C=O) groups excluding carboxylic acids is 1. The standard InChI is InChI=1S/C20H26F3NO2/c1-14(20(21,22)23)13-15-5-7-16(8-6-15)17-9-11-24(12-10-17)18(25)26-19(2,3)4/h5-9,14H,10-13H2,1-4H3. The molecule has 1 atom stereocenters. The van der Waals surface area contributed by atoms with Gasteiger partial charge in [-0.1, -0.05) is 37.3 Å². The Morgan fingerprint density at radius 2 is 1.81 bits per heavy atom. The largest absolute Gasteiger partial charge is 0.444 e. The summed E-state index contributed by atoms with van der Waals surface area (Å²) in [5.74, 6) is -1.36. The van der Waals surface area contributed by atoms with Crippen LogP contribution in [-0.2, 0) is 11.2 Å². The Morgan fingerprint density at radius 3 is 2.27 bits per heavy atom. The van der Waals surface area contributed by atoms with E-state index < -0.39 is 17.7 Å². The highest BCUT2D eigenvalue weighted by atomic mass is 19.4. The Kier molecular flexibility index (Phi) is 6.04. The van der Waals surface area contributed by atoms with Crippen molar-refractivity contribution in [1.82, 2.24) is 4.90 Å². The van der Waals surface area contributed by atoms with Crippen molar-refractivity contribution in [1.29, 1.82) is 0 Å². The predicted octanol–water partition coefficient (Wildman–Crippen LogP) is 5.45. The van der Waals surface area contributed by atoms with Crippen molar-refractivity contribution in [2.24, 2.45) is 5.92 Å². The molecule has 1 aromatic carbocycles. The fraction of sp³-hybridized carbons (Fsp3) is 0.550. The fourth-order valence-electron chi connectivity index (χ4n) is 2.75. The number of nitrogens with zero attached hydrogens (tertiary/aromatic N) is 1. The minimum atomic E-state index is -4.17. The molecule has 144 valence electrons. The quantitative estimate of drug-likeness (QED) is 0.709. The molecular weight excluding hydrogens is 343 g/mol. The average Bonchev–Trinajstić information content (AvgIpc) is 2.53. The smallest absolute Gasteiger partial charge is 0.410 e. The van der Waals surface area contributed by atoms with Gasteiger partial charge in [0, 0.05) is 13.1 Å². The van der Waals surface area contributed by atoms with Gasteiger partial charge in [0.05, 0.1) is 5.92 Å². The molecule has 0 spiro atoms. The second-order valence-corrected chi connectivity index (χ2v) is 7.75. The Balaban J connectivity index is 1.97. The highest BCUT2D eigenvalue weighted by Gasteiger charge is 2.35. The summed E-state index contributed by atoms with van der Waals surface area (Å²) in [4.78, 5) is 13.7. The predicted molar refractivity (Wildman–Crippen MR) is 95.8 cm³/mol. The highest BCUT2D eigenvalue weighted by Crippen LogP contribution is 2.29. The average molecular weight is 369 g/mol. The molecule has 1 aliphatic rings. The molecule has 6 heteroatoms. The van der Waals surface area contributed by atoms with E-state index in [-0.39, 0.29) is 12.5 Å². The van der Waals surface area contributed by atoms with Crippen molar-refractivity contribution in [3.63, 3.8) is 0 Å². The summed E-state index contributed by atoms with van der Waals surface area (Å²) in [7, 11) is 0. The van der Waals surface area contributed by atoms with Crippen LogP contribution in [0.2, 0.25) is 0 Å². The Bertz CT molecular complexity index is 657. The van der Waals surface area contributed by atoms with E-state index in [1.807, 2.05) is 39.0 Å². The van der Waals surface area contributed by atoms with E-state index in [0.29, 0.717) is 25.1 Å². The van der Waals surface area contributed by atoms with E-state index in [2.05, 4.69) is 0 Å². The number of ether oxygens (including phenoxy) is 1. The Labute approximate surface area is 152 Å². The van der Waals surface area contributed by atoms with Crippen LogP contribution in [0.1, 0.15) is 45.2 Å². The molecule has 26 heavy (non-hydrogen) atoms. The summed E-state index contributed by atoms with van der Waals surface area (Å²) in [5, 5.41) is 0. The van der Waals surface area contributed by atoms with E-state index in [4.69, 9.17) is 4.74 Å². The number of amides is 1.